The first-order chi connectivity index (χ1) is 9.09. The van der Waals surface area contributed by atoms with Gasteiger partial charge < -0.3 is 21.7 Å². The molecule has 0 unspecified atom stereocenters. The number of urea groups is 1. The fourth-order valence-electron chi connectivity index (χ4n) is 1.77. The molecule has 3 amide bonds. The zero-order valence-electron chi connectivity index (χ0n) is 10.8. The van der Waals surface area contributed by atoms with Gasteiger partial charge in [-0.2, -0.15) is 0 Å². The van der Waals surface area contributed by atoms with Gasteiger partial charge in [-0.3, -0.25) is 4.79 Å². The molecule has 1 aromatic rings. The van der Waals surface area contributed by atoms with E-state index < -0.39 is 0 Å². The second-order valence-corrected chi connectivity index (χ2v) is 4.72. The van der Waals surface area contributed by atoms with Gasteiger partial charge in [0.15, 0.2) is 0 Å². The second kappa shape index (κ2) is 5.27. The lowest BCUT2D eigenvalue weighted by Gasteiger charge is -2.13. The van der Waals surface area contributed by atoms with E-state index in [9.17, 15) is 9.59 Å². The number of carbonyl (C=O) groups excluding carboxylic acids is 2. The molecule has 1 fully saturated rings. The summed E-state index contributed by atoms with van der Waals surface area (Å²) in [6.45, 7) is 0.384. The van der Waals surface area contributed by atoms with Gasteiger partial charge in [-0.1, -0.05) is 0 Å². The van der Waals surface area contributed by atoms with Gasteiger partial charge in [-0.15, -0.1) is 0 Å². The Kier molecular flexibility index (Phi) is 3.71. The van der Waals surface area contributed by atoms with Gasteiger partial charge >= 0.3 is 6.03 Å². The van der Waals surface area contributed by atoms with Crippen molar-refractivity contribution in [3.8, 4) is 0 Å². The summed E-state index contributed by atoms with van der Waals surface area (Å²) >= 11 is 0. The van der Waals surface area contributed by atoms with Crippen molar-refractivity contribution in [2.75, 3.05) is 24.2 Å². The Balaban J connectivity index is 1.95. The lowest BCUT2D eigenvalue weighted by Crippen LogP contribution is -2.30. The molecule has 2 rings (SSSR count). The highest BCUT2D eigenvalue weighted by Crippen LogP contribution is 2.45. The summed E-state index contributed by atoms with van der Waals surface area (Å²) in [4.78, 5) is 23.1. The SMILES string of the molecule is CNC(=O)Nc1ccc(NC(=O)C2(CN)CC2)cc1. The summed E-state index contributed by atoms with van der Waals surface area (Å²) < 4.78 is 0. The molecular weight excluding hydrogens is 244 g/mol. The number of hydrogen-bond acceptors (Lipinski definition) is 3. The van der Waals surface area contributed by atoms with Crippen molar-refractivity contribution in [3.63, 3.8) is 0 Å². The van der Waals surface area contributed by atoms with Gasteiger partial charge in [-0.05, 0) is 37.1 Å². The average molecular weight is 262 g/mol. The quantitative estimate of drug-likeness (QED) is 0.654. The largest absolute Gasteiger partial charge is 0.341 e. The smallest absolute Gasteiger partial charge is 0.318 e. The molecule has 6 nitrogen and oxygen atoms in total. The Labute approximate surface area is 111 Å². The third-order valence-electron chi connectivity index (χ3n) is 3.35. The van der Waals surface area contributed by atoms with Crippen molar-refractivity contribution in [2.45, 2.75) is 12.8 Å². The summed E-state index contributed by atoms with van der Waals surface area (Å²) in [5.74, 6) is -0.0259. The van der Waals surface area contributed by atoms with Crippen LogP contribution in [0, 0.1) is 5.41 Å². The van der Waals surface area contributed by atoms with E-state index in [-0.39, 0.29) is 17.4 Å². The molecule has 6 heteroatoms. The molecule has 0 radical (unpaired) electrons. The van der Waals surface area contributed by atoms with Crippen molar-refractivity contribution >= 4 is 23.3 Å². The molecule has 1 aliphatic carbocycles. The van der Waals surface area contributed by atoms with E-state index in [0.29, 0.717) is 17.9 Å². The number of nitrogens with two attached hydrogens (primary N) is 1. The molecule has 102 valence electrons. The first-order valence-electron chi connectivity index (χ1n) is 6.20. The van der Waals surface area contributed by atoms with Gasteiger partial charge in [0.1, 0.15) is 0 Å². The van der Waals surface area contributed by atoms with Crippen LogP contribution in [0.2, 0.25) is 0 Å². The highest BCUT2D eigenvalue weighted by atomic mass is 16.2. The molecule has 19 heavy (non-hydrogen) atoms. The van der Waals surface area contributed by atoms with Gasteiger partial charge in [0.05, 0.1) is 5.41 Å². The number of carbonyl (C=O) groups is 2. The van der Waals surface area contributed by atoms with E-state index in [1.165, 1.54) is 0 Å². The maximum Gasteiger partial charge on any atom is 0.318 e. The summed E-state index contributed by atoms with van der Waals surface area (Å²) in [7, 11) is 1.55. The van der Waals surface area contributed by atoms with Crippen LogP contribution in [0.25, 0.3) is 0 Å². The van der Waals surface area contributed by atoms with Crippen molar-refractivity contribution < 1.29 is 9.59 Å². The molecule has 0 saturated heterocycles. The van der Waals surface area contributed by atoms with Crippen LogP contribution >= 0.6 is 0 Å². The highest BCUT2D eigenvalue weighted by molar-refractivity contribution is 5.97. The molecule has 0 aromatic heterocycles. The minimum atomic E-state index is -0.362. The van der Waals surface area contributed by atoms with Crippen LogP contribution in [0.4, 0.5) is 16.2 Å². The zero-order valence-corrected chi connectivity index (χ0v) is 10.8. The van der Waals surface area contributed by atoms with Gasteiger partial charge in [0, 0.05) is 25.0 Å². The third-order valence-corrected chi connectivity index (χ3v) is 3.35. The standard InChI is InChI=1S/C13H18N4O2/c1-15-12(19)17-10-4-2-9(3-5-10)16-11(18)13(8-14)6-7-13/h2-5H,6-8,14H2,1H3,(H,16,18)(H2,15,17,19). The Hall–Kier alpha value is -2.08. The molecule has 1 aliphatic rings. The number of rotatable bonds is 4. The van der Waals surface area contributed by atoms with Gasteiger partial charge in [0.2, 0.25) is 5.91 Å². The van der Waals surface area contributed by atoms with Crippen molar-refractivity contribution in [2.24, 2.45) is 11.1 Å². The van der Waals surface area contributed by atoms with Crippen molar-refractivity contribution in [1.82, 2.24) is 5.32 Å². The molecular formula is C13H18N4O2. The Bertz CT molecular complexity index is 480. The van der Waals surface area contributed by atoms with Crippen LogP contribution < -0.4 is 21.7 Å². The van der Waals surface area contributed by atoms with E-state index in [1.54, 1.807) is 31.3 Å². The molecule has 0 bridgehead atoms. The summed E-state index contributed by atoms with van der Waals surface area (Å²) in [5, 5.41) is 7.95. The van der Waals surface area contributed by atoms with Crippen LogP contribution in [0.1, 0.15) is 12.8 Å². The fraction of sp³-hybridized carbons (Fsp3) is 0.385. The fourth-order valence-corrected chi connectivity index (χ4v) is 1.77. The topological polar surface area (TPSA) is 96.2 Å². The third kappa shape index (κ3) is 3.03. The molecule has 0 atom stereocenters. The Morgan fingerprint density at radius 2 is 1.68 bits per heavy atom. The molecule has 5 N–H and O–H groups in total. The predicted molar refractivity (Wildman–Crippen MR) is 73.9 cm³/mol. The second-order valence-electron chi connectivity index (χ2n) is 4.72. The van der Waals surface area contributed by atoms with Crippen LogP contribution in [-0.4, -0.2) is 25.5 Å². The first-order valence-corrected chi connectivity index (χ1v) is 6.20. The summed E-state index contributed by atoms with van der Waals surface area (Å²) in [5.41, 5.74) is 6.61. The lowest BCUT2D eigenvalue weighted by molar-refractivity contribution is -0.120. The molecule has 1 saturated carbocycles. The number of hydrogen-bond donors (Lipinski definition) is 4. The summed E-state index contributed by atoms with van der Waals surface area (Å²) in [6, 6.07) is 6.67. The summed E-state index contributed by atoms with van der Waals surface area (Å²) in [6.07, 6.45) is 1.71. The highest BCUT2D eigenvalue weighted by Gasteiger charge is 2.48. The first kappa shape index (κ1) is 13.4. The predicted octanol–water partition coefficient (Wildman–Crippen LogP) is 1.12. The zero-order chi connectivity index (χ0) is 13.9. The monoisotopic (exact) mass is 262 g/mol. The molecule has 0 aliphatic heterocycles. The van der Waals surface area contributed by atoms with Crippen LogP contribution in [-0.2, 0) is 4.79 Å². The minimum Gasteiger partial charge on any atom is -0.341 e. The Morgan fingerprint density at radius 3 is 2.11 bits per heavy atom. The van der Waals surface area contributed by atoms with E-state index >= 15 is 0 Å². The van der Waals surface area contributed by atoms with Crippen LogP contribution in [0.3, 0.4) is 0 Å². The van der Waals surface area contributed by atoms with Gasteiger partial charge in [-0.25, -0.2) is 4.79 Å². The molecule has 0 spiro atoms. The Morgan fingerprint density at radius 1 is 1.16 bits per heavy atom. The maximum absolute atomic E-state index is 12.0. The average Bonchev–Trinajstić information content (AvgIpc) is 3.22. The van der Waals surface area contributed by atoms with Crippen molar-refractivity contribution in [1.29, 1.82) is 0 Å². The van der Waals surface area contributed by atoms with Gasteiger partial charge in [0.25, 0.3) is 0 Å². The molecule has 1 aromatic carbocycles. The van der Waals surface area contributed by atoms with E-state index in [4.69, 9.17) is 5.73 Å². The molecule has 0 heterocycles. The van der Waals surface area contributed by atoms with E-state index in [0.717, 1.165) is 12.8 Å². The number of amides is 3. The lowest BCUT2D eigenvalue weighted by atomic mass is 10.1. The van der Waals surface area contributed by atoms with E-state index in [1.807, 2.05) is 0 Å². The minimum absolute atomic E-state index is 0.0259. The normalized spacial score (nSPS) is 15.5. The maximum atomic E-state index is 12.0. The van der Waals surface area contributed by atoms with E-state index in [2.05, 4.69) is 16.0 Å². The number of nitrogens with one attached hydrogen (secondary N) is 3. The van der Waals surface area contributed by atoms with Crippen LogP contribution in [0.5, 0.6) is 0 Å². The van der Waals surface area contributed by atoms with Crippen LogP contribution in [0.15, 0.2) is 24.3 Å². The number of benzene rings is 1. The number of anilines is 2. The van der Waals surface area contributed by atoms with Crippen molar-refractivity contribution in [3.05, 3.63) is 24.3 Å².